The van der Waals surface area contributed by atoms with Crippen molar-refractivity contribution in [3.8, 4) is 0 Å². The molecule has 1 aliphatic heterocycles. The number of oxazole rings is 1. The predicted molar refractivity (Wildman–Crippen MR) is 114 cm³/mol. The summed E-state index contributed by atoms with van der Waals surface area (Å²) in [6.45, 7) is 9.80. The van der Waals surface area contributed by atoms with Crippen molar-refractivity contribution in [1.82, 2.24) is 20.5 Å². The number of anilines is 1. The van der Waals surface area contributed by atoms with E-state index >= 15 is 0 Å². The van der Waals surface area contributed by atoms with Crippen molar-refractivity contribution in [3.05, 3.63) is 47.4 Å². The number of aryl methyl sites for hydroxylation is 2. The van der Waals surface area contributed by atoms with Crippen molar-refractivity contribution in [3.63, 3.8) is 0 Å². The number of halogens is 1. The summed E-state index contributed by atoms with van der Waals surface area (Å²) in [6, 6.07) is 7.01. The molecule has 3 rings (SSSR count). The van der Waals surface area contributed by atoms with Crippen molar-refractivity contribution in [2.24, 2.45) is 4.99 Å². The van der Waals surface area contributed by atoms with Gasteiger partial charge in [-0.15, -0.1) is 0 Å². The zero-order valence-corrected chi connectivity index (χ0v) is 17.5. The lowest BCUT2D eigenvalue weighted by molar-refractivity contribution is 0.254. The second-order valence-electron chi connectivity index (χ2n) is 7.24. The number of rotatable bonds is 7. The standard InChI is InChI=1S/C21H31FN6O/c1-16-17(2)29-20(26-16)15-25-21(23-3)24-9-6-10-27-11-13-28(14-12-27)19-8-5-4-7-18(19)22/h4-5,7-8H,6,9-15H2,1-3H3,(H2,23,24,25). The molecule has 0 unspecified atom stereocenters. The molecule has 8 heteroatoms. The van der Waals surface area contributed by atoms with Crippen molar-refractivity contribution in [1.29, 1.82) is 0 Å². The summed E-state index contributed by atoms with van der Waals surface area (Å²) in [5, 5.41) is 6.55. The number of hydrogen-bond acceptors (Lipinski definition) is 5. The fourth-order valence-electron chi connectivity index (χ4n) is 3.42. The molecule has 1 aromatic carbocycles. The molecular formula is C21H31FN6O. The molecule has 158 valence electrons. The third-order valence-electron chi connectivity index (χ3n) is 5.21. The second kappa shape index (κ2) is 10.2. The van der Waals surface area contributed by atoms with Crippen molar-refractivity contribution in [2.45, 2.75) is 26.8 Å². The van der Waals surface area contributed by atoms with Gasteiger partial charge in [-0.05, 0) is 38.9 Å². The van der Waals surface area contributed by atoms with Crippen LogP contribution in [-0.4, -0.2) is 62.2 Å². The Morgan fingerprint density at radius 2 is 1.93 bits per heavy atom. The van der Waals surface area contributed by atoms with Gasteiger partial charge in [0, 0.05) is 39.8 Å². The average Bonchev–Trinajstić information content (AvgIpc) is 3.06. The summed E-state index contributed by atoms with van der Waals surface area (Å²) in [4.78, 5) is 13.2. The minimum atomic E-state index is -0.140. The van der Waals surface area contributed by atoms with Crippen LogP contribution in [0.25, 0.3) is 0 Å². The van der Waals surface area contributed by atoms with Crippen molar-refractivity contribution >= 4 is 11.6 Å². The molecule has 2 N–H and O–H groups in total. The van der Waals surface area contributed by atoms with E-state index in [1.54, 1.807) is 13.1 Å². The number of aromatic nitrogens is 1. The van der Waals surface area contributed by atoms with Gasteiger partial charge in [-0.2, -0.15) is 0 Å². The molecule has 0 saturated carbocycles. The van der Waals surface area contributed by atoms with E-state index in [-0.39, 0.29) is 5.82 Å². The fourth-order valence-corrected chi connectivity index (χ4v) is 3.42. The van der Waals surface area contributed by atoms with Gasteiger partial charge in [-0.1, -0.05) is 12.1 Å². The van der Waals surface area contributed by atoms with Crippen LogP contribution in [0.5, 0.6) is 0 Å². The van der Waals surface area contributed by atoms with E-state index in [9.17, 15) is 4.39 Å². The molecule has 1 aliphatic rings. The summed E-state index contributed by atoms with van der Waals surface area (Å²) >= 11 is 0. The number of nitrogens with zero attached hydrogens (tertiary/aromatic N) is 4. The average molecular weight is 403 g/mol. The first kappa shape index (κ1) is 21.1. The topological polar surface area (TPSA) is 68.9 Å². The fraction of sp³-hybridized carbons (Fsp3) is 0.524. The van der Waals surface area contributed by atoms with Gasteiger partial charge in [0.1, 0.15) is 11.6 Å². The summed E-state index contributed by atoms with van der Waals surface area (Å²) in [7, 11) is 1.75. The van der Waals surface area contributed by atoms with E-state index in [1.807, 2.05) is 26.0 Å². The van der Waals surface area contributed by atoms with Gasteiger partial charge in [-0.25, -0.2) is 9.37 Å². The highest BCUT2D eigenvalue weighted by atomic mass is 19.1. The Hall–Kier alpha value is -2.61. The number of piperazine rings is 1. The van der Waals surface area contributed by atoms with Gasteiger partial charge in [0.15, 0.2) is 5.96 Å². The molecule has 2 heterocycles. The molecule has 1 fully saturated rings. The maximum atomic E-state index is 13.9. The first-order chi connectivity index (χ1) is 14.1. The zero-order valence-electron chi connectivity index (χ0n) is 17.5. The Balaban J connectivity index is 1.32. The molecule has 0 aliphatic carbocycles. The Morgan fingerprint density at radius 1 is 1.17 bits per heavy atom. The second-order valence-corrected chi connectivity index (χ2v) is 7.24. The van der Waals surface area contributed by atoms with Crippen LogP contribution in [0.15, 0.2) is 33.7 Å². The Labute approximate surface area is 172 Å². The van der Waals surface area contributed by atoms with Crippen LogP contribution in [-0.2, 0) is 6.54 Å². The van der Waals surface area contributed by atoms with E-state index in [0.717, 1.165) is 63.1 Å². The minimum absolute atomic E-state index is 0.140. The lowest BCUT2D eigenvalue weighted by Gasteiger charge is -2.36. The van der Waals surface area contributed by atoms with Crippen LogP contribution < -0.4 is 15.5 Å². The smallest absolute Gasteiger partial charge is 0.214 e. The van der Waals surface area contributed by atoms with Crippen LogP contribution in [0.1, 0.15) is 23.8 Å². The molecule has 1 saturated heterocycles. The van der Waals surface area contributed by atoms with Gasteiger partial charge in [0.2, 0.25) is 5.89 Å². The number of aliphatic imine (C=N–C) groups is 1. The summed E-state index contributed by atoms with van der Waals surface area (Å²) in [5.74, 6) is 2.11. The largest absolute Gasteiger partial charge is 0.444 e. The number of hydrogen-bond donors (Lipinski definition) is 2. The molecule has 0 bridgehead atoms. The maximum Gasteiger partial charge on any atom is 0.214 e. The van der Waals surface area contributed by atoms with Crippen LogP contribution in [0.2, 0.25) is 0 Å². The number of guanidine groups is 1. The highest BCUT2D eigenvalue weighted by Gasteiger charge is 2.18. The molecule has 29 heavy (non-hydrogen) atoms. The Kier molecular flexibility index (Phi) is 7.46. The first-order valence-electron chi connectivity index (χ1n) is 10.2. The normalized spacial score (nSPS) is 15.6. The maximum absolute atomic E-state index is 13.9. The van der Waals surface area contributed by atoms with Crippen molar-refractivity contribution in [2.75, 3.05) is 51.2 Å². The van der Waals surface area contributed by atoms with E-state index < -0.39 is 0 Å². The summed E-state index contributed by atoms with van der Waals surface area (Å²) in [5.41, 5.74) is 1.62. The number of nitrogens with one attached hydrogen (secondary N) is 2. The SMILES string of the molecule is CN=C(NCCCN1CCN(c2ccccc2F)CC1)NCc1nc(C)c(C)o1. The number of para-hydroxylation sites is 1. The Bertz CT molecular complexity index is 794. The first-order valence-corrected chi connectivity index (χ1v) is 10.2. The summed E-state index contributed by atoms with van der Waals surface area (Å²) < 4.78 is 19.5. The molecule has 0 spiro atoms. The Morgan fingerprint density at radius 3 is 2.59 bits per heavy atom. The van der Waals surface area contributed by atoms with Crippen molar-refractivity contribution < 1.29 is 8.81 Å². The number of benzene rings is 1. The highest BCUT2D eigenvalue weighted by molar-refractivity contribution is 5.79. The van der Waals surface area contributed by atoms with E-state index in [2.05, 4.69) is 30.4 Å². The molecule has 1 aromatic heterocycles. The van der Waals surface area contributed by atoms with Gasteiger partial charge < -0.3 is 20.0 Å². The molecule has 0 amide bonds. The molecule has 0 atom stereocenters. The van der Waals surface area contributed by atoms with E-state index in [1.165, 1.54) is 6.07 Å². The van der Waals surface area contributed by atoms with E-state index in [4.69, 9.17) is 4.42 Å². The molecule has 2 aromatic rings. The van der Waals surface area contributed by atoms with Gasteiger partial charge in [0.05, 0.1) is 17.9 Å². The minimum Gasteiger partial charge on any atom is -0.444 e. The van der Waals surface area contributed by atoms with Crippen LogP contribution in [0.3, 0.4) is 0 Å². The molecular weight excluding hydrogens is 371 g/mol. The monoisotopic (exact) mass is 402 g/mol. The predicted octanol–water partition coefficient (Wildman–Crippen LogP) is 2.31. The van der Waals surface area contributed by atoms with Gasteiger partial charge in [-0.3, -0.25) is 9.89 Å². The lowest BCUT2D eigenvalue weighted by atomic mass is 10.2. The van der Waals surface area contributed by atoms with Crippen LogP contribution in [0.4, 0.5) is 10.1 Å². The third-order valence-corrected chi connectivity index (χ3v) is 5.21. The molecule has 7 nitrogen and oxygen atoms in total. The lowest BCUT2D eigenvalue weighted by Crippen LogP contribution is -2.47. The molecule has 0 radical (unpaired) electrons. The highest BCUT2D eigenvalue weighted by Crippen LogP contribution is 2.20. The van der Waals surface area contributed by atoms with Gasteiger partial charge >= 0.3 is 0 Å². The quantitative estimate of drug-likeness (QED) is 0.421. The van der Waals surface area contributed by atoms with Gasteiger partial charge in [0.25, 0.3) is 0 Å². The summed E-state index contributed by atoms with van der Waals surface area (Å²) in [6.07, 6.45) is 1.01. The third kappa shape index (κ3) is 5.93. The van der Waals surface area contributed by atoms with E-state index in [0.29, 0.717) is 18.1 Å². The van der Waals surface area contributed by atoms with Crippen LogP contribution >= 0.6 is 0 Å². The zero-order chi connectivity index (χ0) is 20.6. The van der Waals surface area contributed by atoms with Crippen LogP contribution in [0, 0.1) is 19.7 Å².